The fourth-order valence-electron chi connectivity index (χ4n) is 7.59. The first-order valence-electron chi connectivity index (χ1n) is 9.66. The molecule has 2 nitrogen and oxygen atoms in total. The molecule has 0 aromatic rings. The third-order valence-electron chi connectivity index (χ3n) is 8.73. The predicted octanol–water partition coefficient (Wildman–Crippen LogP) is 4.53. The summed E-state index contributed by atoms with van der Waals surface area (Å²) in [4.78, 5) is 0. The van der Waals surface area contributed by atoms with Crippen molar-refractivity contribution in [3.63, 3.8) is 0 Å². The van der Waals surface area contributed by atoms with E-state index in [1.165, 1.54) is 57.8 Å². The van der Waals surface area contributed by atoms with E-state index in [2.05, 4.69) is 13.0 Å². The number of aliphatic hydroxyl groups is 1. The lowest BCUT2D eigenvalue weighted by Crippen LogP contribution is -2.55. The van der Waals surface area contributed by atoms with Crippen LogP contribution >= 0.6 is 0 Å². The normalized spacial score (nSPS) is 54.0. The highest BCUT2D eigenvalue weighted by atomic mass is 16.3. The van der Waals surface area contributed by atoms with Crippen LogP contribution in [0.5, 0.6) is 0 Å². The van der Waals surface area contributed by atoms with Gasteiger partial charge in [0.25, 0.3) is 0 Å². The van der Waals surface area contributed by atoms with Gasteiger partial charge in [-0.2, -0.15) is 5.26 Å². The Morgan fingerprint density at radius 1 is 1.00 bits per heavy atom. The van der Waals surface area contributed by atoms with Gasteiger partial charge in [0.1, 0.15) is 0 Å². The Morgan fingerprint density at radius 2 is 1.86 bits per heavy atom. The highest BCUT2D eigenvalue weighted by Gasteiger charge is 2.60. The van der Waals surface area contributed by atoms with Gasteiger partial charge in [0.15, 0.2) is 0 Å². The molecular formula is C20H31NO. The molecule has 4 aliphatic rings. The Morgan fingerprint density at radius 3 is 2.64 bits per heavy atom. The van der Waals surface area contributed by atoms with Crippen molar-refractivity contribution in [2.24, 2.45) is 40.4 Å². The van der Waals surface area contributed by atoms with Crippen molar-refractivity contribution in [2.75, 3.05) is 6.61 Å². The summed E-state index contributed by atoms with van der Waals surface area (Å²) in [5.41, 5.74) is 0.515. The second-order valence-corrected chi connectivity index (χ2v) is 9.09. The van der Waals surface area contributed by atoms with Gasteiger partial charge in [-0.25, -0.2) is 0 Å². The highest BCUT2D eigenvalue weighted by molar-refractivity contribution is 5.12. The molecule has 0 radical (unpaired) electrons. The summed E-state index contributed by atoms with van der Waals surface area (Å²) in [5.74, 6) is 3.35. The number of hydrogen-bond acceptors (Lipinski definition) is 2. The molecule has 4 fully saturated rings. The Hall–Kier alpha value is -0.550. The molecule has 4 saturated carbocycles. The molecule has 0 spiro atoms. The van der Waals surface area contributed by atoms with Crippen molar-refractivity contribution in [1.29, 1.82) is 5.26 Å². The molecule has 0 aromatic heterocycles. The quantitative estimate of drug-likeness (QED) is 0.773. The van der Waals surface area contributed by atoms with Crippen molar-refractivity contribution in [2.45, 2.75) is 71.1 Å². The summed E-state index contributed by atoms with van der Waals surface area (Å²) in [7, 11) is 0. The van der Waals surface area contributed by atoms with E-state index in [-0.39, 0.29) is 16.7 Å². The van der Waals surface area contributed by atoms with E-state index >= 15 is 0 Å². The SMILES string of the molecule is CC12CC[C@H]3C(CC[C@H]4CCCCC43CO)[C@@H]1CCC2C#N. The Kier molecular flexibility index (Phi) is 3.57. The van der Waals surface area contributed by atoms with Crippen LogP contribution in [-0.4, -0.2) is 11.7 Å². The van der Waals surface area contributed by atoms with Crippen LogP contribution in [-0.2, 0) is 0 Å². The van der Waals surface area contributed by atoms with Crippen molar-refractivity contribution >= 4 is 0 Å². The molecule has 7 atom stereocenters. The monoisotopic (exact) mass is 301 g/mol. The van der Waals surface area contributed by atoms with Crippen LogP contribution in [0, 0.1) is 51.8 Å². The van der Waals surface area contributed by atoms with Gasteiger partial charge >= 0.3 is 0 Å². The number of hydrogen-bond donors (Lipinski definition) is 1. The number of fused-ring (bicyclic) bond motifs is 5. The zero-order chi connectivity index (χ0) is 15.4. The smallest absolute Gasteiger partial charge is 0.0661 e. The summed E-state index contributed by atoms with van der Waals surface area (Å²) in [5, 5.41) is 19.9. The fourth-order valence-corrected chi connectivity index (χ4v) is 7.59. The fraction of sp³-hybridized carbons (Fsp3) is 0.950. The summed E-state index contributed by atoms with van der Waals surface area (Å²) in [6.07, 6.45) is 12.9. The van der Waals surface area contributed by atoms with Crippen LogP contribution in [0.1, 0.15) is 71.1 Å². The van der Waals surface area contributed by atoms with Crippen LogP contribution < -0.4 is 0 Å². The lowest BCUT2D eigenvalue weighted by atomic mass is 9.44. The maximum absolute atomic E-state index is 10.4. The first-order valence-corrected chi connectivity index (χ1v) is 9.66. The van der Waals surface area contributed by atoms with Gasteiger partial charge in [0, 0.05) is 6.61 Å². The molecule has 0 aliphatic heterocycles. The van der Waals surface area contributed by atoms with E-state index in [0.29, 0.717) is 6.61 Å². The largest absolute Gasteiger partial charge is 0.396 e. The van der Waals surface area contributed by atoms with E-state index in [1.807, 2.05) is 0 Å². The number of rotatable bonds is 1. The summed E-state index contributed by atoms with van der Waals surface area (Å²) in [6, 6.07) is 2.63. The Bertz CT molecular complexity index is 483. The first kappa shape index (κ1) is 15.0. The van der Waals surface area contributed by atoms with Gasteiger partial charge in [0.05, 0.1) is 12.0 Å². The summed E-state index contributed by atoms with van der Waals surface area (Å²) in [6.45, 7) is 2.83. The molecule has 4 aliphatic carbocycles. The van der Waals surface area contributed by atoms with Crippen LogP contribution in [0.2, 0.25) is 0 Å². The molecule has 122 valence electrons. The summed E-state index contributed by atoms with van der Waals surface area (Å²) < 4.78 is 0. The van der Waals surface area contributed by atoms with Crippen LogP contribution in [0.4, 0.5) is 0 Å². The van der Waals surface area contributed by atoms with Gasteiger partial charge in [-0.3, -0.25) is 0 Å². The van der Waals surface area contributed by atoms with Crippen molar-refractivity contribution in [1.82, 2.24) is 0 Å². The Labute approximate surface area is 135 Å². The second kappa shape index (κ2) is 5.23. The number of aliphatic hydroxyl groups excluding tert-OH is 1. The minimum absolute atomic E-state index is 0.243. The maximum Gasteiger partial charge on any atom is 0.0661 e. The van der Waals surface area contributed by atoms with E-state index in [1.54, 1.807) is 0 Å². The minimum Gasteiger partial charge on any atom is -0.396 e. The van der Waals surface area contributed by atoms with Crippen LogP contribution in [0.15, 0.2) is 0 Å². The average molecular weight is 301 g/mol. The van der Waals surface area contributed by atoms with E-state index in [0.717, 1.165) is 30.1 Å². The standard InChI is InChI=1S/C20H31NO/c1-19-11-9-18-16(17(19)8-6-15(19)12-21)7-5-14-4-2-3-10-20(14,18)13-22/h14-18,22H,2-11,13H2,1H3/t14-,15?,16?,17+,18+,19?,20?/m1/s1. The maximum atomic E-state index is 10.4. The third kappa shape index (κ3) is 1.81. The average Bonchev–Trinajstić information content (AvgIpc) is 2.90. The zero-order valence-corrected chi connectivity index (χ0v) is 14.1. The highest BCUT2D eigenvalue weighted by Crippen LogP contribution is 2.67. The number of nitrogens with zero attached hydrogens (tertiary/aromatic N) is 1. The minimum atomic E-state index is 0.243. The van der Waals surface area contributed by atoms with Crippen molar-refractivity contribution in [3.8, 4) is 6.07 Å². The molecule has 2 heteroatoms. The van der Waals surface area contributed by atoms with Crippen molar-refractivity contribution < 1.29 is 5.11 Å². The second-order valence-electron chi connectivity index (χ2n) is 9.09. The number of nitriles is 1. The molecule has 4 unspecified atom stereocenters. The van der Waals surface area contributed by atoms with Gasteiger partial charge in [0.2, 0.25) is 0 Å². The molecule has 0 saturated heterocycles. The van der Waals surface area contributed by atoms with Gasteiger partial charge in [-0.15, -0.1) is 0 Å². The van der Waals surface area contributed by atoms with E-state index in [4.69, 9.17) is 0 Å². The van der Waals surface area contributed by atoms with Gasteiger partial charge < -0.3 is 5.11 Å². The van der Waals surface area contributed by atoms with Crippen LogP contribution in [0.25, 0.3) is 0 Å². The summed E-state index contributed by atoms with van der Waals surface area (Å²) >= 11 is 0. The molecule has 4 rings (SSSR count). The molecule has 1 N–H and O–H groups in total. The molecule has 0 amide bonds. The van der Waals surface area contributed by atoms with Crippen molar-refractivity contribution in [3.05, 3.63) is 0 Å². The predicted molar refractivity (Wildman–Crippen MR) is 86.9 cm³/mol. The topological polar surface area (TPSA) is 44.0 Å². The van der Waals surface area contributed by atoms with E-state index < -0.39 is 0 Å². The molecule has 22 heavy (non-hydrogen) atoms. The Balaban J connectivity index is 1.66. The first-order chi connectivity index (χ1) is 10.7. The zero-order valence-electron chi connectivity index (χ0n) is 14.1. The lowest BCUT2D eigenvalue weighted by Gasteiger charge is -2.60. The van der Waals surface area contributed by atoms with Gasteiger partial charge in [-0.1, -0.05) is 19.8 Å². The molecule has 0 bridgehead atoms. The van der Waals surface area contributed by atoms with E-state index in [9.17, 15) is 10.4 Å². The lowest BCUT2D eigenvalue weighted by molar-refractivity contribution is -0.137. The molecule has 0 aromatic carbocycles. The molecule has 0 heterocycles. The van der Waals surface area contributed by atoms with Crippen LogP contribution in [0.3, 0.4) is 0 Å². The third-order valence-corrected chi connectivity index (χ3v) is 8.73. The molecular weight excluding hydrogens is 270 g/mol. The van der Waals surface area contributed by atoms with Gasteiger partial charge in [-0.05, 0) is 85.9 Å².